The van der Waals surface area contributed by atoms with Crippen LogP contribution >= 0.6 is 0 Å². The molecule has 0 saturated heterocycles. The summed E-state index contributed by atoms with van der Waals surface area (Å²) in [5.74, 6) is 0.344. The molecule has 0 aliphatic carbocycles. The Kier molecular flexibility index (Phi) is 6.26. The molecule has 4 N–H and O–H groups in total. The summed E-state index contributed by atoms with van der Waals surface area (Å²) in [5.41, 5.74) is 3.66. The number of H-pyrrole nitrogens is 1. The Labute approximate surface area is 163 Å². The SMILES string of the molecule is CN=C(NCCc1c[nH]c2ccc(F)cc12)NCc1ccc(C(=O)NC)cc1. The van der Waals surface area contributed by atoms with Crippen molar-refractivity contribution in [2.75, 3.05) is 20.6 Å². The number of aromatic amines is 1. The topological polar surface area (TPSA) is 81.3 Å². The fraction of sp³-hybridized carbons (Fsp3) is 0.238. The number of hydrogen-bond donors (Lipinski definition) is 4. The standard InChI is InChI=1S/C21H24FN5O/c1-23-20(28)15-5-3-14(4-6-15)12-27-21(24-2)25-10-9-16-13-26-19-8-7-17(22)11-18(16)19/h3-8,11,13,26H,9-10,12H2,1-2H3,(H,23,28)(H2,24,25,27). The lowest BCUT2D eigenvalue weighted by Crippen LogP contribution is -2.37. The zero-order chi connectivity index (χ0) is 19.9. The number of aromatic nitrogens is 1. The van der Waals surface area contributed by atoms with Gasteiger partial charge in [0.05, 0.1) is 0 Å². The Morgan fingerprint density at radius 2 is 1.93 bits per heavy atom. The minimum atomic E-state index is -0.235. The lowest BCUT2D eigenvalue weighted by atomic mass is 10.1. The lowest BCUT2D eigenvalue weighted by molar-refractivity contribution is 0.0963. The van der Waals surface area contributed by atoms with E-state index in [1.54, 1.807) is 38.4 Å². The molecule has 0 fully saturated rings. The first-order valence-corrected chi connectivity index (χ1v) is 9.11. The zero-order valence-corrected chi connectivity index (χ0v) is 16.0. The van der Waals surface area contributed by atoms with Gasteiger partial charge in [-0.2, -0.15) is 0 Å². The van der Waals surface area contributed by atoms with Crippen molar-refractivity contribution in [3.8, 4) is 0 Å². The first-order valence-electron chi connectivity index (χ1n) is 9.11. The first-order chi connectivity index (χ1) is 13.6. The molecule has 2 aromatic carbocycles. The van der Waals surface area contributed by atoms with E-state index >= 15 is 0 Å². The van der Waals surface area contributed by atoms with Gasteiger partial charge < -0.3 is 20.9 Å². The third-order valence-corrected chi connectivity index (χ3v) is 4.54. The van der Waals surface area contributed by atoms with Gasteiger partial charge in [0.25, 0.3) is 5.91 Å². The van der Waals surface area contributed by atoms with Crippen LogP contribution in [0.15, 0.2) is 53.7 Å². The number of aliphatic imine (C=N–C) groups is 1. The van der Waals surface area contributed by atoms with E-state index in [-0.39, 0.29) is 11.7 Å². The molecular weight excluding hydrogens is 357 g/mol. The molecule has 0 unspecified atom stereocenters. The van der Waals surface area contributed by atoms with Crippen LogP contribution in [0.4, 0.5) is 4.39 Å². The Hall–Kier alpha value is -3.35. The molecule has 0 radical (unpaired) electrons. The molecule has 6 nitrogen and oxygen atoms in total. The second kappa shape index (κ2) is 9.03. The molecule has 0 spiro atoms. The summed E-state index contributed by atoms with van der Waals surface area (Å²) in [5, 5.41) is 10.0. The highest BCUT2D eigenvalue weighted by molar-refractivity contribution is 5.94. The number of nitrogens with one attached hydrogen (secondary N) is 4. The zero-order valence-electron chi connectivity index (χ0n) is 16.0. The lowest BCUT2D eigenvalue weighted by Gasteiger charge is -2.12. The van der Waals surface area contributed by atoms with Gasteiger partial charge in [-0.15, -0.1) is 0 Å². The molecule has 0 saturated carbocycles. The van der Waals surface area contributed by atoms with Gasteiger partial charge in [0.2, 0.25) is 0 Å². The first kappa shape index (κ1) is 19.4. The maximum absolute atomic E-state index is 13.5. The van der Waals surface area contributed by atoms with Crippen LogP contribution in [0.2, 0.25) is 0 Å². The predicted molar refractivity (Wildman–Crippen MR) is 110 cm³/mol. The minimum absolute atomic E-state index is 0.103. The van der Waals surface area contributed by atoms with Crippen LogP contribution in [0.5, 0.6) is 0 Å². The monoisotopic (exact) mass is 381 g/mol. The van der Waals surface area contributed by atoms with E-state index in [4.69, 9.17) is 0 Å². The molecule has 0 bridgehead atoms. The van der Waals surface area contributed by atoms with Crippen molar-refractivity contribution in [3.63, 3.8) is 0 Å². The highest BCUT2D eigenvalue weighted by atomic mass is 19.1. The summed E-state index contributed by atoms with van der Waals surface area (Å²) in [6.07, 6.45) is 2.65. The molecule has 3 rings (SSSR count). The summed E-state index contributed by atoms with van der Waals surface area (Å²) >= 11 is 0. The summed E-state index contributed by atoms with van der Waals surface area (Å²) in [6.45, 7) is 1.25. The average Bonchev–Trinajstić information content (AvgIpc) is 3.12. The van der Waals surface area contributed by atoms with Crippen molar-refractivity contribution >= 4 is 22.8 Å². The van der Waals surface area contributed by atoms with Crippen LogP contribution < -0.4 is 16.0 Å². The van der Waals surface area contributed by atoms with Crippen LogP contribution in [-0.2, 0) is 13.0 Å². The number of fused-ring (bicyclic) bond motifs is 1. The van der Waals surface area contributed by atoms with Crippen molar-refractivity contribution in [3.05, 3.63) is 71.2 Å². The maximum Gasteiger partial charge on any atom is 0.251 e. The Morgan fingerprint density at radius 1 is 1.14 bits per heavy atom. The van der Waals surface area contributed by atoms with Gasteiger partial charge in [-0.25, -0.2) is 4.39 Å². The summed E-state index contributed by atoms with van der Waals surface area (Å²) in [7, 11) is 3.32. The maximum atomic E-state index is 13.5. The third kappa shape index (κ3) is 4.68. The van der Waals surface area contributed by atoms with Gasteiger partial charge in [0.1, 0.15) is 5.82 Å². The summed E-state index contributed by atoms with van der Waals surface area (Å²) < 4.78 is 13.5. The van der Waals surface area contributed by atoms with Crippen molar-refractivity contribution in [2.24, 2.45) is 4.99 Å². The van der Waals surface area contributed by atoms with E-state index in [2.05, 4.69) is 25.9 Å². The molecular formula is C21H24FN5O. The fourth-order valence-electron chi connectivity index (χ4n) is 3.00. The largest absolute Gasteiger partial charge is 0.361 e. The smallest absolute Gasteiger partial charge is 0.251 e. The van der Waals surface area contributed by atoms with Gasteiger partial charge in [-0.1, -0.05) is 12.1 Å². The molecule has 0 atom stereocenters. The molecule has 0 aliphatic rings. The van der Waals surface area contributed by atoms with Crippen LogP contribution in [0.1, 0.15) is 21.5 Å². The minimum Gasteiger partial charge on any atom is -0.361 e. The second-order valence-corrected chi connectivity index (χ2v) is 6.38. The number of carbonyl (C=O) groups excluding carboxylic acids is 1. The van der Waals surface area contributed by atoms with Crippen molar-refractivity contribution in [2.45, 2.75) is 13.0 Å². The molecule has 0 aliphatic heterocycles. The Morgan fingerprint density at radius 3 is 2.64 bits per heavy atom. The van der Waals surface area contributed by atoms with Crippen LogP contribution in [-0.4, -0.2) is 37.5 Å². The van der Waals surface area contributed by atoms with Gasteiger partial charge in [0, 0.05) is 49.8 Å². The highest BCUT2D eigenvalue weighted by Gasteiger charge is 2.06. The normalized spacial score (nSPS) is 11.5. The third-order valence-electron chi connectivity index (χ3n) is 4.54. The number of guanidine groups is 1. The van der Waals surface area contributed by atoms with Crippen molar-refractivity contribution in [1.29, 1.82) is 0 Å². The molecule has 1 aromatic heterocycles. The number of amides is 1. The van der Waals surface area contributed by atoms with Gasteiger partial charge >= 0.3 is 0 Å². The van der Waals surface area contributed by atoms with Gasteiger partial charge in [-0.3, -0.25) is 9.79 Å². The number of carbonyl (C=O) groups is 1. The Balaban J connectivity index is 1.50. The van der Waals surface area contributed by atoms with E-state index in [9.17, 15) is 9.18 Å². The molecule has 28 heavy (non-hydrogen) atoms. The van der Waals surface area contributed by atoms with Crippen LogP contribution in [0.3, 0.4) is 0 Å². The van der Waals surface area contributed by atoms with Gasteiger partial charge in [0.15, 0.2) is 5.96 Å². The highest BCUT2D eigenvalue weighted by Crippen LogP contribution is 2.19. The van der Waals surface area contributed by atoms with E-state index in [0.29, 0.717) is 24.6 Å². The number of hydrogen-bond acceptors (Lipinski definition) is 2. The fourth-order valence-corrected chi connectivity index (χ4v) is 3.00. The van der Waals surface area contributed by atoms with Crippen molar-refractivity contribution < 1.29 is 9.18 Å². The number of rotatable bonds is 6. The summed E-state index contributed by atoms with van der Waals surface area (Å²) in [6, 6.07) is 12.2. The summed E-state index contributed by atoms with van der Waals surface area (Å²) in [4.78, 5) is 19.0. The molecule has 7 heteroatoms. The number of halogens is 1. The second-order valence-electron chi connectivity index (χ2n) is 6.38. The van der Waals surface area contributed by atoms with Crippen LogP contribution in [0.25, 0.3) is 10.9 Å². The molecule has 3 aromatic rings. The quantitative estimate of drug-likeness (QED) is 0.391. The number of benzene rings is 2. The van der Waals surface area contributed by atoms with E-state index < -0.39 is 0 Å². The van der Waals surface area contributed by atoms with Gasteiger partial charge in [-0.05, 0) is 47.9 Å². The van der Waals surface area contributed by atoms with E-state index in [0.717, 1.165) is 28.5 Å². The Bertz CT molecular complexity index is 978. The molecule has 1 heterocycles. The predicted octanol–water partition coefficient (Wildman–Crippen LogP) is 2.57. The number of nitrogens with zero attached hydrogens (tertiary/aromatic N) is 1. The van der Waals surface area contributed by atoms with Crippen molar-refractivity contribution in [1.82, 2.24) is 20.9 Å². The molecule has 1 amide bonds. The van der Waals surface area contributed by atoms with E-state index in [1.165, 1.54) is 6.07 Å². The average molecular weight is 381 g/mol. The van der Waals surface area contributed by atoms with Crippen LogP contribution in [0, 0.1) is 5.82 Å². The molecule has 146 valence electrons. The van der Waals surface area contributed by atoms with E-state index in [1.807, 2.05) is 18.3 Å².